The lowest BCUT2D eigenvalue weighted by molar-refractivity contribution is -0.137. The predicted octanol–water partition coefficient (Wildman–Crippen LogP) is -0.984. The van der Waals surface area contributed by atoms with Crippen molar-refractivity contribution in [3.05, 3.63) is 29.8 Å². The molecule has 18 heavy (non-hydrogen) atoms. The number of H-pyrrole nitrogens is 1. The number of carboxylic acid groups (broad SMARTS) is 1. The molecule has 0 aliphatic rings. The van der Waals surface area contributed by atoms with E-state index in [9.17, 15) is 9.59 Å². The van der Waals surface area contributed by atoms with Gasteiger partial charge in [-0.2, -0.15) is 5.10 Å². The van der Waals surface area contributed by atoms with Crippen molar-refractivity contribution in [3.63, 3.8) is 0 Å². The first-order valence-corrected chi connectivity index (χ1v) is 5.03. The Morgan fingerprint density at radius 1 is 1.50 bits per heavy atom. The highest BCUT2D eigenvalue weighted by molar-refractivity contribution is 5.93. The second kappa shape index (κ2) is 5.08. The van der Waals surface area contributed by atoms with Gasteiger partial charge in [-0.05, 0) is 0 Å². The molecule has 0 fully saturated rings. The fourth-order valence-corrected chi connectivity index (χ4v) is 1.28. The minimum absolute atomic E-state index is 0.170. The Labute approximate surface area is 101 Å². The summed E-state index contributed by atoms with van der Waals surface area (Å²) in [6, 6.07) is 0. The van der Waals surface area contributed by atoms with Crippen molar-refractivity contribution in [2.24, 2.45) is 0 Å². The van der Waals surface area contributed by atoms with E-state index in [1.807, 2.05) is 0 Å². The van der Waals surface area contributed by atoms with Gasteiger partial charge in [0, 0.05) is 6.20 Å². The Kier molecular flexibility index (Phi) is 3.32. The van der Waals surface area contributed by atoms with E-state index in [1.165, 1.54) is 23.3 Å². The molecule has 2 rings (SSSR count). The third kappa shape index (κ3) is 2.90. The van der Waals surface area contributed by atoms with Gasteiger partial charge in [0.1, 0.15) is 12.2 Å². The van der Waals surface area contributed by atoms with Crippen molar-refractivity contribution in [2.45, 2.75) is 13.1 Å². The summed E-state index contributed by atoms with van der Waals surface area (Å²) in [6.45, 7) is -0.0910. The molecular formula is C9H10N6O3. The normalized spacial score (nSPS) is 10.2. The van der Waals surface area contributed by atoms with Crippen molar-refractivity contribution in [1.82, 2.24) is 30.5 Å². The van der Waals surface area contributed by atoms with Gasteiger partial charge in [0.15, 0.2) is 0 Å². The Balaban J connectivity index is 1.88. The zero-order valence-corrected chi connectivity index (χ0v) is 9.20. The van der Waals surface area contributed by atoms with Gasteiger partial charge < -0.3 is 10.4 Å². The van der Waals surface area contributed by atoms with Crippen LogP contribution in [0, 0.1) is 0 Å². The fourth-order valence-electron chi connectivity index (χ4n) is 1.28. The summed E-state index contributed by atoms with van der Waals surface area (Å²) < 4.78 is 1.18. The number of carbonyl (C=O) groups is 2. The molecule has 0 radical (unpaired) electrons. The summed E-state index contributed by atoms with van der Waals surface area (Å²) in [5.74, 6) is -1.30. The van der Waals surface area contributed by atoms with Crippen LogP contribution in [0.1, 0.15) is 16.1 Å². The summed E-state index contributed by atoms with van der Waals surface area (Å²) in [5, 5.41) is 24.7. The van der Waals surface area contributed by atoms with E-state index < -0.39 is 5.97 Å². The summed E-state index contributed by atoms with van der Waals surface area (Å²) in [4.78, 5) is 22.0. The number of nitrogens with zero attached hydrogens (tertiary/aromatic N) is 4. The molecule has 2 aromatic rings. The molecule has 0 bridgehead atoms. The van der Waals surface area contributed by atoms with E-state index in [4.69, 9.17) is 5.11 Å². The van der Waals surface area contributed by atoms with Gasteiger partial charge in [-0.15, -0.1) is 5.10 Å². The van der Waals surface area contributed by atoms with Crippen LogP contribution in [0.5, 0.6) is 0 Å². The minimum Gasteiger partial charge on any atom is -0.480 e. The SMILES string of the molecule is O=C(O)Cn1cc(CNC(=O)c2cn[nH]c2)nn1. The molecule has 2 heterocycles. The molecule has 0 atom stereocenters. The van der Waals surface area contributed by atoms with Crippen LogP contribution in [0.2, 0.25) is 0 Å². The van der Waals surface area contributed by atoms with Crippen molar-refractivity contribution in [2.75, 3.05) is 0 Å². The monoisotopic (exact) mass is 250 g/mol. The fraction of sp³-hybridized carbons (Fsp3) is 0.222. The van der Waals surface area contributed by atoms with Crippen LogP contribution in [0.3, 0.4) is 0 Å². The molecule has 0 spiro atoms. The van der Waals surface area contributed by atoms with E-state index in [-0.39, 0.29) is 19.0 Å². The van der Waals surface area contributed by atoms with Crippen molar-refractivity contribution >= 4 is 11.9 Å². The lowest BCUT2D eigenvalue weighted by Gasteiger charge is -1.99. The smallest absolute Gasteiger partial charge is 0.325 e. The number of amides is 1. The first kappa shape index (κ1) is 11.8. The van der Waals surface area contributed by atoms with Crippen LogP contribution in [0.4, 0.5) is 0 Å². The maximum absolute atomic E-state index is 11.5. The zero-order chi connectivity index (χ0) is 13.0. The van der Waals surface area contributed by atoms with Crippen LogP contribution in [0.15, 0.2) is 18.6 Å². The highest BCUT2D eigenvalue weighted by Gasteiger charge is 2.08. The number of aromatic nitrogens is 5. The number of carboxylic acids is 1. The first-order chi connectivity index (χ1) is 8.65. The molecule has 9 nitrogen and oxygen atoms in total. The minimum atomic E-state index is -1.01. The Morgan fingerprint density at radius 3 is 3.00 bits per heavy atom. The molecule has 3 N–H and O–H groups in total. The van der Waals surface area contributed by atoms with Crippen LogP contribution in [0.25, 0.3) is 0 Å². The number of hydrogen-bond donors (Lipinski definition) is 3. The molecule has 94 valence electrons. The van der Waals surface area contributed by atoms with Crippen LogP contribution in [-0.4, -0.2) is 42.2 Å². The van der Waals surface area contributed by atoms with E-state index >= 15 is 0 Å². The maximum atomic E-state index is 11.5. The molecular weight excluding hydrogens is 240 g/mol. The standard InChI is InChI=1S/C9H10N6O3/c16-8(17)5-15-4-7(13-14-15)3-10-9(18)6-1-11-12-2-6/h1-2,4H,3,5H2,(H,10,18)(H,11,12)(H,16,17). The number of nitrogens with one attached hydrogen (secondary N) is 2. The topological polar surface area (TPSA) is 126 Å². The lowest BCUT2D eigenvalue weighted by atomic mass is 10.3. The molecule has 0 aromatic carbocycles. The van der Waals surface area contributed by atoms with E-state index in [0.717, 1.165) is 0 Å². The molecule has 9 heteroatoms. The average molecular weight is 250 g/mol. The Bertz CT molecular complexity index is 546. The zero-order valence-electron chi connectivity index (χ0n) is 9.20. The van der Waals surface area contributed by atoms with Crippen LogP contribution >= 0.6 is 0 Å². The third-order valence-electron chi connectivity index (χ3n) is 2.07. The molecule has 0 unspecified atom stereocenters. The second-order valence-electron chi connectivity index (χ2n) is 3.47. The highest BCUT2D eigenvalue weighted by atomic mass is 16.4. The van der Waals surface area contributed by atoms with Gasteiger partial charge in [-0.25, -0.2) is 4.68 Å². The summed E-state index contributed by atoms with van der Waals surface area (Å²) in [6.07, 6.45) is 4.33. The summed E-state index contributed by atoms with van der Waals surface area (Å²) in [5.41, 5.74) is 0.890. The van der Waals surface area contributed by atoms with Gasteiger partial charge >= 0.3 is 5.97 Å². The predicted molar refractivity (Wildman–Crippen MR) is 57.4 cm³/mol. The van der Waals surface area contributed by atoms with Gasteiger partial charge in [-0.1, -0.05) is 5.21 Å². The van der Waals surface area contributed by atoms with E-state index in [0.29, 0.717) is 11.3 Å². The number of carbonyl (C=O) groups excluding carboxylic acids is 1. The Morgan fingerprint density at radius 2 is 2.33 bits per heavy atom. The largest absolute Gasteiger partial charge is 0.480 e. The second-order valence-corrected chi connectivity index (χ2v) is 3.47. The van der Waals surface area contributed by atoms with Crippen molar-refractivity contribution in [1.29, 1.82) is 0 Å². The maximum Gasteiger partial charge on any atom is 0.325 e. The third-order valence-corrected chi connectivity index (χ3v) is 2.07. The number of aliphatic carboxylic acids is 1. The quantitative estimate of drug-likeness (QED) is 0.625. The van der Waals surface area contributed by atoms with Gasteiger partial charge in [-0.3, -0.25) is 14.7 Å². The molecule has 1 amide bonds. The van der Waals surface area contributed by atoms with Crippen LogP contribution in [-0.2, 0) is 17.9 Å². The van der Waals surface area contributed by atoms with Crippen molar-refractivity contribution in [3.8, 4) is 0 Å². The van der Waals surface area contributed by atoms with Crippen LogP contribution < -0.4 is 5.32 Å². The Hall–Kier alpha value is -2.71. The first-order valence-electron chi connectivity index (χ1n) is 5.03. The summed E-state index contributed by atoms with van der Waals surface area (Å²) in [7, 11) is 0. The number of rotatable bonds is 5. The number of hydrogen-bond acceptors (Lipinski definition) is 5. The average Bonchev–Trinajstić information content (AvgIpc) is 2.95. The molecule has 0 saturated carbocycles. The van der Waals surface area contributed by atoms with Crippen molar-refractivity contribution < 1.29 is 14.7 Å². The molecule has 2 aromatic heterocycles. The lowest BCUT2D eigenvalue weighted by Crippen LogP contribution is -2.22. The van der Waals surface area contributed by atoms with E-state index in [1.54, 1.807) is 0 Å². The van der Waals surface area contributed by atoms with Gasteiger partial charge in [0.05, 0.1) is 24.5 Å². The summed E-state index contributed by atoms with van der Waals surface area (Å²) >= 11 is 0. The van der Waals surface area contributed by atoms with Gasteiger partial charge in [0.2, 0.25) is 0 Å². The van der Waals surface area contributed by atoms with E-state index in [2.05, 4.69) is 25.8 Å². The number of aromatic amines is 1. The molecule has 0 aliphatic carbocycles. The molecule has 0 aliphatic heterocycles. The highest BCUT2D eigenvalue weighted by Crippen LogP contribution is 1.96. The van der Waals surface area contributed by atoms with Gasteiger partial charge in [0.25, 0.3) is 5.91 Å². The molecule has 0 saturated heterocycles.